The number of ketones is 1. The van der Waals surface area contributed by atoms with E-state index in [9.17, 15) is 40.3 Å². The molecule has 3 nitrogen and oxygen atoms in total. The number of aryl methyl sites for hydroxylation is 1. The summed E-state index contributed by atoms with van der Waals surface area (Å²) in [6.45, 7) is 2.01. The minimum Gasteiger partial charge on any atom is -0.422 e. The SMILES string of the molecule is C[C@]12CC[C@@H]3c4ccc(OC(=O)C(F)(F)C(F)(F)C(F)(F)F)cc4CC[C@H]3[C@@H]1CCC2=O. The van der Waals surface area contributed by atoms with Crippen LogP contribution in [0.2, 0.25) is 0 Å². The van der Waals surface area contributed by atoms with Gasteiger partial charge in [0.1, 0.15) is 11.5 Å². The molecule has 3 aliphatic rings. The number of fused-ring (bicyclic) bond motifs is 5. The lowest BCUT2D eigenvalue weighted by atomic mass is 9.55. The van der Waals surface area contributed by atoms with Crippen molar-refractivity contribution in [3.8, 4) is 5.75 Å². The first-order chi connectivity index (χ1) is 14.7. The molecule has 4 rings (SSSR count). The second kappa shape index (κ2) is 7.18. The van der Waals surface area contributed by atoms with Crippen LogP contribution in [0.15, 0.2) is 18.2 Å². The number of alkyl halides is 7. The largest absolute Gasteiger partial charge is 0.460 e. The van der Waals surface area contributed by atoms with Gasteiger partial charge in [-0.05, 0) is 73.1 Å². The third kappa shape index (κ3) is 3.23. The van der Waals surface area contributed by atoms with Crippen LogP contribution in [-0.4, -0.2) is 29.8 Å². The number of halogens is 7. The predicted octanol–water partition coefficient (Wildman–Crippen LogP) is 5.85. The van der Waals surface area contributed by atoms with Gasteiger partial charge in [0.2, 0.25) is 0 Å². The van der Waals surface area contributed by atoms with E-state index in [4.69, 9.17) is 0 Å². The van der Waals surface area contributed by atoms with E-state index >= 15 is 0 Å². The second-order valence-corrected chi connectivity index (χ2v) is 9.23. The lowest BCUT2D eigenvalue weighted by Crippen LogP contribution is -2.57. The Morgan fingerprint density at radius 1 is 1.03 bits per heavy atom. The van der Waals surface area contributed by atoms with Crippen molar-refractivity contribution in [1.29, 1.82) is 0 Å². The summed E-state index contributed by atoms with van der Waals surface area (Å²) in [4.78, 5) is 23.9. The molecular weight excluding hydrogens is 445 g/mol. The molecular formula is C22H21F7O3. The number of hydrogen-bond donors (Lipinski definition) is 0. The Labute approximate surface area is 179 Å². The summed E-state index contributed by atoms with van der Waals surface area (Å²) in [6.07, 6.45) is -2.52. The van der Waals surface area contributed by atoms with E-state index in [0.29, 0.717) is 18.4 Å². The molecule has 0 N–H and O–H groups in total. The van der Waals surface area contributed by atoms with Gasteiger partial charge in [-0.2, -0.15) is 30.7 Å². The molecule has 0 spiro atoms. The molecule has 176 valence electrons. The van der Waals surface area contributed by atoms with Crippen LogP contribution in [0.1, 0.15) is 56.1 Å². The summed E-state index contributed by atoms with van der Waals surface area (Å²) in [6, 6.07) is 3.93. The number of esters is 1. The van der Waals surface area contributed by atoms with Crippen molar-refractivity contribution in [2.75, 3.05) is 0 Å². The Morgan fingerprint density at radius 3 is 2.38 bits per heavy atom. The van der Waals surface area contributed by atoms with Crippen molar-refractivity contribution < 1.29 is 45.1 Å². The molecule has 3 aliphatic carbocycles. The van der Waals surface area contributed by atoms with Gasteiger partial charge in [0, 0.05) is 11.8 Å². The summed E-state index contributed by atoms with van der Waals surface area (Å²) < 4.78 is 94.4. The maximum atomic E-state index is 13.6. The minimum absolute atomic E-state index is 0.128. The van der Waals surface area contributed by atoms with Gasteiger partial charge in [0.05, 0.1) is 0 Å². The van der Waals surface area contributed by atoms with E-state index in [1.54, 1.807) is 6.07 Å². The topological polar surface area (TPSA) is 43.4 Å². The molecule has 0 amide bonds. The zero-order valence-electron chi connectivity index (χ0n) is 17.1. The normalized spacial score (nSPS) is 30.4. The highest BCUT2D eigenvalue weighted by Gasteiger charge is 2.77. The van der Waals surface area contributed by atoms with Gasteiger partial charge in [-0.25, -0.2) is 4.79 Å². The molecule has 4 atom stereocenters. The molecule has 0 saturated heterocycles. The number of hydrogen-bond acceptors (Lipinski definition) is 3. The van der Waals surface area contributed by atoms with E-state index in [2.05, 4.69) is 4.74 Å². The van der Waals surface area contributed by atoms with Gasteiger partial charge in [0.25, 0.3) is 0 Å². The first kappa shape index (κ1) is 23.0. The number of rotatable bonds is 3. The zero-order chi connectivity index (χ0) is 23.7. The molecule has 2 saturated carbocycles. The smallest absolute Gasteiger partial charge is 0.422 e. The number of carbonyl (C=O) groups excluding carboxylic acids is 2. The van der Waals surface area contributed by atoms with Gasteiger partial charge in [-0.1, -0.05) is 13.0 Å². The molecule has 0 heterocycles. The van der Waals surface area contributed by atoms with Crippen LogP contribution in [-0.2, 0) is 16.0 Å². The van der Waals surface area contributed by atoms with E-state index < -0.39 is 29.7 Å². The second-order valence-electron chi connectivity index (χ2n) is 9.23. The van der Waals surface area contributed by atoms with E-state index in [-0.39, 0.29) is 29.0 Å². The fourth-order valence-electron chi connectivity index (χ4n) is 5.87. The van der Waals surface area contributed by atoms with E-state index in [1.807, 2.05) is 6.92 Å². The molecule has 32 heavy (non-hydrogen) atoms. The summed E-state index contributed by atoms with van der Waals surface area (Å²) in [5.74, 6) is -15.2. The van der Waals surface area contributed by atoms with Crippen LogP contribution in [0.3, 0.4) is 0 Å². The molecule has 10 heteroatoms. The van der Waals surface area contributed by atoms with Gasteiger partial charge >= 0.3 is 24.0 Å². The third-order valence-electron chi connectivity index (χ3n) is 7.62. The third-order valence-corrected chi connectivity index (χ3v) is 7.62. The summed E-state index contributed by atoms with van der Waals surface area (Å²) in [7, 11) is 0. The highest BCUT2D eigenvalue weighted by molar-refractivity contribution is 5.87. The van der Waals surface area contributed by atoms with Gasteiger partial charge in [0.15, 0.2) is 0 Å². The van der Waals surface area contributed by atoms with Crippen LogP contribution >= 0.6 is 0 Å². The lowest BCUT2D eigenvalue weighted by molar-refractivity contribution is -0.346. The van der Waals surface area contributed by atoms with Crippen molar-refractivity contribution in [2.45, 2.75) is 69.4 Å². The molecule has 0 bridgehead atoms. The minimum atomic E-state index is -6.61. The highest BCUT2D eigenvalue weighted by atomic mass is 19.4. The predicted molar refractivity (Wildman–Crippen MR) is 97.7 cm³/mol. The van der Waals surface area contributed by atoms with Gasteiger partial charge in [-0.15, -0.1) is 0 Å². The Bertz CT molecular complexity index is 955. The highest BCUT2D eigenvalue weighted by Crippen LogP contribution is 2.59. The molecule has 0 aliphatic heterocycles. The van der Waals surface area contributed by atoms with E-state index in [1.165, 1.54) is 6.07 Å². The summed E-state index contributed by atoms with van der Waals surface area (Å²) in [5, 5.41) is 0. The zero-order valence-corrected chi connectivity index (χ0v) is 17.1. The summed E-state index contributed by atoms with van der Waals surface area (Å²) in [5.41, 5.74) is 1.26. The average Bonchev–Trinajstić information content (AvgIpc) is 3.01. The average molecular weight is 466 g/mol. The fraction of sp³-hybridized carbons (Fsp3) is 0.636. The van der Waals surface area contributed by atoms with Crippen molar-refractivity contribution in [3.63, 3.8) is 0 Å². The maximum Gasteiger partial charge on any atom is 0.460 e. The number of carbonyl (C=O) groups is 2. The Balaban J connectivity index is 1.54. The van der Waals surface area contributed by atoms with Crippen LogP contribution in [0.5, 0.6) is 5.75 Å². The summed E-state index contributed by atoms with van der Waals surface area (Å²) >= 11 is 0. The monoisotopic (exact) mass is 466 g/mol. The van der Waals surface area contributed by atoms with Gasteiger partial charge in [-0.3, -0.25) is 4.79 Å². The number of ether oxygens (including phenoxy) is 1. The first-order valence-electron chi connectivity index (χ1n) is 10.4. The fourth-order valence-corrected chi connectivity index (χ4v) is 5.87. The molecule has 0 unspecified atom stereocenters. The van der Waals surface area contributed by atoms with Crippen molar-refractivity contribution in [2.24, 2.45) is 17.3 Å². The Morgan fingerprint density at radius 2 is 1.72 bits per heavy atom. The molecule has 1 aromatic rings. The Kier molecular flexibility index (Phi) is 5.17. The molecule has 0 aromatic heterocycles. The molecule has 2 fully saturated rings. The first-order valence-corrected chi connectivity index (χ1v) is 10.4. The Hall–Kier alpha value is -2.13. The van der Waals surface area contributed by atoms with E-state index in [0.717, 1.165) is 37.3 Å². The number of Topliss-reactive ketones (excluding diaryl/α,β-unsaturated/α-hetero) is 1. The van der Waals surface area contributed by atoms with Crippen molar-refractivity contribution in [1.82, 2.24) is 0 Å². The lowest BCUT2D eigenvalue weighted by Gasteiger charge is -2.48. The van der Waals surface area contributed by atoms with Crippen molar-refractivity contribution >= 4 is 11.8 Å². The van der Waals surface area contributed by atoms with Crippen LogP contribution in [0, 0.1) is 17.3 Å². The molecule has 1 aromatic carbocycles. The standard InChI is InChI=1S/C22H21F7O3/c1-19-9-8-14-13-5-3-12(32-18(31)20(23,24)21(25,26)22(27,28)29)10-11(13)2-4-15(14)16(19)6-7-17(19)30/h3,5,10,14-16H,2,4,6-9H2,1H3/t14-,15-,16+,19+/m1/s1. The van der Waals surface area contributed by atoms with Crippen molar-refractivity contribution in [3.05, 3.63) is 29.3 Å². The van der Waals surface area contributed by atoms with Crippen LogP contribution in [0.4, 0.5) is 30.7 Å². The van der Waals surface area contributed by atoms with Gasteiger partial charge < -0.3 is 4.74 Å². The number of benzene rings is 1. The quantitative estimate of drug-likeness (QED) is 0.319. The van der Waals surface area contributed by atoms with Crippen LogP contribution in [0.25, 0.3) is 0 Å². The van der Waals surface area contributed by atoms with Crippen LogP contribution < -0.4 is 4.74 Å². The molecule has 0 radical (unpaired) electrons. The maximum absolute atomic E-state index is 13.6.